The van der Waals surface area contributed by atoms with Crippen LogP contribution in [-0.4, -0.2) is 23.9 Å². The summed E-state index contributed by atoms with van der Waals surface area (Å²) in [5.41, 5.74) is 3.38. The average molecular weight is 260 g/mol. The van der Waals surface area contributed by atoms with Crippen LogP contribution >= 0.6 is 0 Å². The summed E-state index contributed by atoms with van der Waals surface area (Å²) in [6.07, 6.45) is 1.04. The highest BCUT2D eigenvalue weighted by Gasteiger charge is 2.20. The van der Waals surface area contributed by atoms with Crippen molar-refractivity contribution in [3.05, 3.63) is 34.9 Å². The number of benzene rings is 1. The maximum Gasteiger partial charge on any atom is 0.253 e. The number of fused-ring (bicyclic) bond motifs is 1. The molecule has 0 saturated heterocycles. The van der Waals surface area contributed by atoms with E-state index in [2.05, 4.69) is 32.2 Å². The average Bonchev–Trinajstić information content (AvgIpc) is 2.83. The van der Waals surface area contributed by atoms with E-state index in [1.165, 1.54) is 11.1 Å². The summed E-state index contributed by atoms with van der Waals surface area (Å²) in [6.45, 7) is 8.30. The van der Waals surface area contributed by atoms with E-state index in [1.807, 2.05) is 24.1 Å². The lowest BCUT2D eigenvalue weighted by atomic mass is 10.0. The zero-order chi connectivity index (χ0) is 14.0. The molecule has 3 heteroatoms. The molecule has 0 aliphatic carbocycles. The van der Waals surface area contributed by atoms with Crippen molar-refractivity contribution >= 4 is 5.91 Å². The molecule has 1 heterocycles. The van der Waals surface area contributed by atoms with E-state index in [0.29, 0.717) is 5.92 Å². The first-order chi connectivity index (χ1) is 8.99. The number of rotatable bonds is 4. The Balaban J connectivity index is 2.11. The molecule has 1 N–H and O–H groups in total. The van der Waals surface area contributed by atoms with Gasteiger partial charge in [0.05, 0.1) is 0 Å². The minimum Gasteiger partial charge on any atom is -0.339 e. The van der Waals surface area contributed by atoms with Crippen LogP contribution in [0.1, 0.15) is 48.7 Å². The van der Waals surface area contributed by atoms with Crippen molar-refractivity contribution in [1.82, 2.24) is 10.2 Å². The molecule has 0 spiro atoms. The van der Waals surface area contributed by atoms with Crippen molar-refractivity contribution in [3.8, 4) is 0 Å². The largest absolute Gasteiger partial charge is 0.339 e. The third-order valence-corrected chi connectivity index (χ3v) is 3.88. The molecule has 1 aromatic rings. The predicted molar refractivity (Wildman–Crippen MR) is 78.0 cm³/mol. The van der Waals surface area contributed by atoms with E-state index in [-0.39, 0.29) is 11.9 Å². The Bertz CT molecular complexity index is 468. The fraction of sp³-hybridized carbons (Fsp3) is 0.562. The van der Waals surface area contributed by atoms with Crippen molar-refractivity contribution in [3.63, 3.8) is 0 Å². The fourth-order valence-corrected chi connectivity index (χ4v) is 2.67. The predicted octanol–water partition coefficient (Wildman–Crippen LogP) is 2.80. The summed E-state index contributed by atoms with van der Waals surface area (Å²) in [4.78, 5) is 14.3. The second-order valence-electron chi connectivity index (χ2n) is 5.98. The summed E-state index contributed by atoms with van der Waals surface area (Å²) in [5, 5.41) is 3.31. The van der Waals surface area contributed by atoms with Crippen molar-refractivity contribution in [2.24, 2.45) is 5.92 Å². The summed E-state index contributed by atoms with van der Waals surface area (Å²) in [7, 11) is 1.90. The second kappa shape index (κ2) is 5.74. The Morgan fingerprint density at radius 1 is 1.26 bits per heavy atom. The molecule has 0 saturated carbocycles. The summed E-state index contributed by atoms with van der Waals surface area (Å²) >= 11 is 0. The molecule has 0 radical (unpaired) electrons. The Morgan fingerprint density at radius 3 is 2.63 bits per heavy atom. The topological polar surface area (TPSA) is 32.3 Å². The molecule has 1 amide bonds. The number of nitrogens with zero attached hydrogens (tertiary/aromatic N) is 1. The first kappa shape index (κ1) is 14.1. The number of carbonyl (C=O) groups excluding carboxylic acids is 1. The van der Waals surface area contributed by atoms with E-state index in [0.717, 1.165) is 25.1 Å². The SMILES string of the molecule is CC(C)CC(C)N(C)C(=O)c1ccc2c(c1)CNC2. The zero-order valence-electron chi connectivity index (χ0n) is 12.4. The van der Waals surface area contributed by atoms with Gasteiger partial charge in [0.2, 0.25) is 0 Å². The van der Waals surface area contributed by atoms with Crippen LogP contribution in [0.3, 0.4) is 0 Å². The van der Waals surface area contributed by atoms with Crippen LogP contribution in [0.25, 0.3) is 0 Å². The Kier molecular flexibility index (Phi) is 4.25. The van der Waals surface area contributed by atoms with Gasteiger partial charge in [-0.15, -0.1) is 0 Å². The third-order valence-electron chi connectivity index (χ3n) is 3.88. The first-order valence-electron chi connectivity index (χ1n) is 7.08. The van der Waals surface area contributed by atoms with Gasteiger partial charge in [-0.3, -0.25) is 4.79 Å². The standard InChI is InChI=1S/C16H24N2O/c1-11(2)7-12(3)18(4)16(19)13-5-6-14-9-17-10-15(14)8-13/h5-6,8,11-12,17H,7,9-10H2,1-4H3. The molecular weight excluding hydrogens is 236 g/mol. The van der Waals surface area contributed by atoms with Gasteiger partial charge in [0.1, 0.15) is 0 Å². The second-order valence-corrected chi connectivity index (χ2v) is 5.98. The van der Waals surface area contributed by atoms with E-state index >= 15 is 0 Å². The lowest BCUT2D eigenvalue weighted by molar-refractivity contribution is 0.0728. The van der Waals surface area contributed by atoms with Crippen LogP contribution in [0.4, 0.5) is 0 Å². The van der Waals surface area contributed by atoms with E-state index in [9.17, 15) is 4.79 Å². The van der Waals surface area contributed by atoms with Crippen LogP contribution < -0.4 is 5.32 Å². The quantitative estimate of drug-likeness (QED) is 0.903. The van der Waals surface area contributed by atoms with Gasteiger partial charge in [-0.05, 0) is 42.5 Å². The Labute approximate surface area is 116 Å². The molecule has 0 aromatic heterocycles. The lowest BCUT2D eigenvalue weighted by Crippen LogP contribution is -2.35. The molecule has 19 heavy (non-hydrogen) atoms. The van der Waals surface area contributed by atoms with Crippen LogP contribution in [-0.2, 0) is 13.1 Å². The molecule has 0 fully saturated rings. The lowest BCUT2D eigenvalue weighted by Gasteiger charge is -2.26. The summed E-state index contributed by atoms with van der Waals surface area (Å²) in [5.74, 6) is 0.734. The smallest absolute Gasteiger partial charge is 0.253 e. The Morgan fingerprint density at radius 2 is 1.95 bits per heavy atom. The van der Waals surface area contributed by atoms with Crippen molar-refractivity contribution in [2.45, 2.75) is 46.3 Å². The number of hydrogen-bond acceptors (Lipinski definition) is 2. The van der Waals surface area contributed by atoms with Crippen LogP contribution in [0.2, 0.25) is 0 Å². The maximum atomic E-state index is 12.5. The minimum absolute atomic E-state index is 0.128. The number of nitrogens with one attached hydrogen (secondary N) is 1. The normalized spacial score (nSPS) is 15.4. The summed E-state index contributed by atoms with van der Waals surface area (Å²) < 4.78 is 0. The van der Waals surface area contributed by atoms with E-state index in [1.54, 1.807) is 0 Å². The molecule has 104 valence electrons. The van der Waals surface area contributed by atoms with Gasteiger partial charge >= 0.3 is 0 Å². The molecule has 1 aliphatic rings. The molecule has 0 bridgehead atoms. The molecular formula is C16H24N2O. The number of hydrogen-bond donors (Lipinski definition) is 1. The fourth-order valence-electron chi connectivity index (χ4n) is 2.67. The van der Waals surface area contributed by atoms with Crippen molar-refractivity contribution in [2.75, 3.05) is 7.05 Å². The van der Waals surface area contributed by atoms with E-state index in [4.69, 9.17) is 0 Å². The Hall–Kier alpha value is -1.35. The molecule has 1 atom stereocenters. The van der Waals surface area contributed by atoms with Gasteiger partial charge < -0.3 is 10.2 Å². The first-order valence-corrected chi connectivity index (χ1v) is 7.08. The van der Waals surface area contributed by atoms with Gasteiger partial charge in [-0.25, -0.2) is 0 Å². The molecule has 1 unspecified atom stereocenters. The molecule has 3 nitrogen and oxygen atoms in total. The van der Waals surface area contributed by atoms with Gasteiger partial charge in [-0.1, -0.05) is 19.9 Å². The molecule has 1 aliphatic heterocycles. The third kappa shape index (κ3) is 3.16. The highest BCUT2D eigenvalue weighted by Crippen LogP contribution is 2.19. The highest BCUT2D eigenvalue weighted by molar-refractivity contribution is 5.94. The molecule has 2 rings (SSSR count). The number of carbonyl (C=O) groups is 1. The molecule has 1 aromatic carbocycles. The van der Waals surface area contributed by atoms with Crippen LogP contribution in [0.5, 0.6) is 0 Å². The van der Waals surface area contributed by atoms with Gasteiger partial charge in [-0.2, -0.15) is 0 Å². The minimum atomic E-state index is 0.128. The summed E-state index contributed by atoms with van der Waals surface area (Å²) in [6, 6.07) is 6.34. The maximum absolute atomic E-state index is 12.5. The van der Waals surface area contributed by atoms with Crippen LogP contribution in [0.15, 0.2) is 18.2 Å². The highest BCUT2D eigenvalue weighted by atomic mass is 16.2. The van der Waals surface area contributed by atoms with E-state index < -0.39 is 0 Å². The number of amides is 1. The van der Waals surface area contributed by atoms with Crippen molar-refractivity contribution in [1.29, 1.82) is 0 Å². The van der Waals surface area contributed by atoms with Gasteiger partial charge in [0.15, 0.2) is 0 Å². The monoisotopic (exact) mass is 260 g/mol. The van der Waals surface area contributed by atoms with Gasteiger partial charge in [0, 0.05) is 31.7 Å². The van der Waals surface area contributed by atoms with Crippen molar-refractivity contribution < 1.29 is 4.79 Å². The zero-order valence-corrected chi connectivity index (χ0v) is 12.4. The van der Waals surface area contributed by atoms with Gasteiger partial charge in [0.25, 0.3) is 5.91 Å². The van der Waals surface area contributed by atoms with Crippen LogP contribution in [0, 0.1) is 5.92 Å².